The Morgan fingerprint density at radius 3 is 2.80 bits per heavy atom. The van der Waals surface area contributed by atoms with Gasteiger partial charge >= 0.3 is 0 Å². The average Bonchev–Trinajstić information content (AvgIpc) is 2.47. The van der Waals surface area contributed by atoms with Gasteiger partial charge in [-0.15, -0.1) is 0 Å². The van der Waals surface area contributed by atoms with E-state index in [9.17, 15) is 4.39 Å². The summed E-state index contributed by atoms with van der Waals surface area (Å²) in [4.78, 5) is 4.31. The van der Waals surface area contributed by atoms with E-state index < -0.39 is 0 Å². The summed E-state index contributed by atoms with van der Waals surface area (Å²) in [7, 11) is 0. The van der Waals surface area contributed by atoms with E-state index in [0.717, 1.165) is 29.9 Å². The number of nitrogens with zero attached hydrogens (tertiary/aromatic N) is 1. The zero-order chi connectivity index (χ0) is 14.4. The fourth-order valence-electron chi connectivity index (χ4n) is 1.79. The highest BCUT2D eigenvalue weighted by Crippen LogP contribution is 2.19. The first-order valence-electron chi connectivity index (χ1n) is 6.72. The molecule has 4 heteroatoms. The van der Waals surface area contributed by atoms with Gasteiger partial charge in [0.2, 0.25) is 0 Å². The normalized spacial score (nSPS) is 10.6. The Morgan fingerprint density at radius 2 is 2.10 bits per heavy atom. The molecule has 0 unspecified atom stereocenters. The fourth-order valence-corrected chi connectivity index (χ4v) is 1.79. The number of aryl methyl sites for hydroxylation is 1. The highest BCUT2D eigenvalue weighted by molar-refractivity contribution is 5.29. The molecule has 20 heavy (non-hydrogen) atoms. The van der Waals surface area contributed by atoms with Crippen molar-refractivity contribution in [3.8, 4) is 5.75 Å². The Labute approximate surface area is 118 Å². The maximum atomic E-state index is 13.5. The molecule has 0 bridgehead atoms. The second-order valence-electron chi connectivity index (χ2n) is 4.66. The van der Waals surface area contributed by atoms with E-state index in [1.165, 1.54) is 6.07 Å². The van der Waals surface area contributed by atoms with Crippen LogP contribution in [0.25, 0.3) is 0 Å². The Kier molecular flexibility index (Phi) is 5.07. The molecule has 0 aliphatic carbocycles. The summed E-state index contributed by atoms with van der Waals surface area (Å²) in [5, 5.41) is 3.23. The molecule has 2 aromatic rings. The zero-order valence-electron chi connectivity index (χ0n) is 11.8. The molecule has 0 atom stereocenters. The molecule has 0 amide bonds. The first kappa shape index (κ1) is 14.5. The van der Waals surface area contributed by atoms with E-state index in [1.807, 2.05) is 25.3 Å². The Bertz CT molecular complexity index is 555. The molecule has 0 aliphatic heterocycles. The molecular weight excluding hydrogens is 255 g/mol. The second-order valence-corrected chi connectivity index (χ2v) is 4.66. The largest absolute Gasteiger partial charge is 0.484 e. The maximum Gasteiger partial charge on any atom is 0.165 e. The van der Waals surface area contributed by atoms with Crippen molar-refractivity contribution in [3.63, 3.8) is 0 Å². The highest BCUT2D eigenvalue weighted by Gasteiger charge is 2.04. The van der Waals surface area contributed by atoms with Crippen molar-refractivity contribution in [2.45, 2.75) is 27.0 Å². The zero-order valence-corrected chi connectivity index (χ0v) is 11.8. The van der Waals surface area contributed by atoms with Gasteiger partial charge < -0.3 is 10.1 Å². The van der Waals surface area contributed by atoms with Gasteiger partial charge in [0.15, 0.2) is 11.6 Å². The van der Waals surface area contributed by atoms with Crippen molar-refractivity contribution in [2.75, 3.05) is 6.54 Å². The fraction of sp³-hybridized carbons (Fsp3) is 0.312. The number of hydrogen-bond donors (Lipinski definition) is 1. The lowest BCUT2D eigenvalue weighted by atomic mass is 10.2. The third-order valence-electron chi connectivity index (χ3n) is 2.93. The lowest BCUT2D eigenvalue weighted by Crippen LogP contribution is -2.12. The Morgan fingerprint density at radius 1 is 1.25 bits per heavy atom. The monoisotopic (exact) mass is 274 g/mol. The van der Waals surface area contributed by atoms with Gasteiger partial charge in [0.05, 0.1) is 5.69 Å². The molecule has 0 fully saturated rings. The minimum absolute atomic E-state index is 0.266. The van der Waals surface area contributed by atoms with Gasteiger partial charge in [0.25, 0.3) is 0 Å². The number of benzene rings is 1. The summed E-state index contributed by atoms with van der Waals surface area (Å²) < 4.78 is 19.0. The molecule has 3 nitrogen and oxygen atoms in total. The molecule has 0 saturated carbocycles. The molecular formula is C16H19FN2O. The lowest BCUT2D eigenvalue weighted by molar-refractivity contribution is 0.285. The first-order chi connectivity index (χ1) is 9.69. The third kappa shape index (κ3) is 4.03. The summed E-state index contributed by atoms with van der Waals surface area (Å²) in [5.74, 6) is -0.0807. The number of nitrogens with one attached hydrogen (secondary N) is 1. The molecule has 106 valence electrons. The van der Waals surface area contributed by atoms with Crippen LogP contribution in [0.4, 0.5) is 4.39 Å². The number of ether oxygens (including phenoxy) is 1. The molecule has 1 N–H and O–H groups in total. The number of halogens is 1. The standard InChI is InChI=1S/C16H19FN2O/c1-3-18-9-13-5-6-14(19-10-13)11-20-16-8-12(2)4-7-15(16)17/h4-8,10,18H,3,9,11H2,1-2H3. The molecule has 1 aromatic heterocycles. The van der Waals surface area contributed by atoms with Gasteiger partial charge in [0.1, 0.15) is 6.61 Å². The number of pyridine rings is 1. The summed E-state index contributed by atoms with van der Waals surface area (Å²) in [6.45, 7) is 5.96. The van der Waals surface area contributed by atoms with Crippen LogP contribution in [-0.2, 0) is 13.2 Å². The van der Waals surface area contributed by atoms with Crippen LogP contribution < -0.4 is 10.1 Å². The van der Waals surface area contributed by atoms with Crippen LogP contribution in [0.5, 0.6) is 5.75 Å². The van der Waals surface area contributed by atoms with Crippen LogP contribution >= 0.6 is 0 Å². The van der Waals surface area contributed by atoms with Gasteiger partial charge in [-0.3, -0.25) is 4.98 Å². The van der Waals surface area contributed by atoms with Crippen molar-refractivity contribution in [2.24, 2.45) is 0 Å². The number of rotatable bonds is 6. The highest BCUT2D eigenvalue weighted by atomic mass is 19.1. The van der Waals surface area contributed by atoms with Crippen molar-refractivity contribution >= 4 is 0 Å². The maximum absolute atomic E-state index is 13.5. The minimum Gasteiger partial charge on any atom is -0.484 e. The van der Waals surface area contributed by atoms with Crippen LogP contribution in [0.15, 0.2) is 36.5 Å². The Balaban J connectivity index is 1.95. The lowest BCUT2D eigenvalue weighted by Gasteiger charge is -2.08. The average molecular weight is 274 g/mol. The van der Waals surface area contributed by atoms with E-state index in [0.29, 0.717) is 0 Å². The number of aromatic nitrogens is 1. The van der Waals surface area contributed by atoms with E-state index in [1.54, 1.807) is 12.1 Å². The summed E-state index contributed by atoms with van der Waals surface area (Å²) >= 11 is 0. The quantitative estimate of drug-likeness (QED) is 0.878. The van der Waals surface area contributed by atoms with Gasteiger partial charge in [0, 0.05) is 12.7 Å². The summed E-state index contributed by atoms with van der Waals surface area (Å²) in [6.07, 6.45) is 1.81. The molecule has 0 saturated heterocycles. The van der Waals surface area contributed by atoms with E-state index in [-0.39, 0.29) is 18.2 Å². The smallest absolute Gasteiger partial charge is 0.165 e. The van der Waals surface area contributed by atoms with Gasteiger partial charge in [-0.05, 0) is 42.8 Å². The van der Waals surface area contributed by atoms with E-state index in [4.69, 9.17) is 4.74 Å². The van der Waals surface area contributed by atoms with Crippen LogP contribution in [0.2, 0.25) is 0 Å². The van der Waals surface area contributed by atoms with Crippen LogP contribution in [0.3, 0.4) is 0 Å². The predicted octanol–water partition coefficient (Wildman–Crippen LogP) is 3.22. The van der Waals surface area contributed by atoms with E-state index >= 15 is 0 Å². The van der Waals surface area contributed by atoms with Gasteiger partial charge in [-0.1, -0.05) is 19.1 Å². The van der Waals surface area contributed by atoms with Gasteiger partial charge in [-0.25, -0.2) is 4.39 Å². The molecule has 0 radical (unpaired) electrons. The summed E-state index contributed by atoms with van der Waals surface area (Å²) in [6, 6.07) is 8.73. The third-order valence-corrected chi connectivity index (χ3v) is 2.93. The first-order valence-corrected chi connectivity index (χ1v) is 6.72. The minimum atomic E-state index is -0.348. The van der Waals surface area contributed by atoms with Gasteiger partial charge in [-0.2, -0.15) is 0 Å². The molecule has 2 rings (SSSR count). The van der Waals surface area contributed by atoms with Crippen molar-refractivity contribution in [1.29, 1.82) is 0 Å². The van der Waals surface area contributed by atoms with Crippen LogP contribution in [-0.4, -0.2) is 11.5 Å². The molecule has 0 aliphatic rings. The number of hydrogen-bond acceptors (Lipinski definition) is 3. The molecule has 0 spiro atoms. The predicted molar refractivity (Wildman–Crippen MR) is 77.1 cm³/mol. The topological polar surface area (TPSA) is 34.1 Å². The second kappa shape index (κ2) is 7.01. The van der Waals surface area contributed by atoms with E-state index in [2.05, 4.69) is 17.2 Å². The summed E-state index contributed by atoms with van der Waals surface area (Å²) in [5.41, 5.74) is 2.87. The van der Waals surface area contributed by atoms with Crippen molar-refractivity contribution in [3.05, 3.63) is 59.2 Å². The molecule has 1 aromatic carbocycles. The molecule has 1 heterocycles. The van der Waals surface area contributed by atoms with Crippen molar-refractivity contribution in [1.82, 2.24) is 10.3 Å². The Hall–Kier alpha value is -1.94. The van der Waals surface area contributed by atoms with Crippen LogP contribution in [0.1, 0.15) is 23.7 Å². The van der Waals surface area contributed by atoms with Crippen LogP contribution in [0, 0.1) is 12.7 Å². The SMILES string of the molecule is CCNCc1ccc(COc2cc(C)ccc2F)nc1. The van der Waals surface area contributed by atoms with Crippen molar-refractivity contribution < 1.29 is 9.13 Å².